The molecule has 0 saturated heterocycles. The highest BCUT2D eigenvalue weighted by molar-refractivity contribution is 7.98. The summed E-state index contributed by atoms with van der Waals surface area (Å²) in [6, 6.07) is 15.4. The molecule has 7 heteroatoms. The molecule has 0 fully saturated rings. The lowest BCUT2D eigenvalue weighted by atomic mass is 10.1. The van der Waals surface area contributed by atoms with Gasteiger partial charge in [0.15, 0.2) is 0 Å². The van der Waals surface area contributed by atoms with E-state index in [0.29, 0.717) is 10.7 Å². The summed E-state index contributed by atoms with van der Waals surface area (Å²) in [4.78, 5) is 13.4. The van der Waals surface area contributed by atoms with Crippen LogP contribution in [0.4, 0.5) is 5.13 Å². The Balaban J connectivity index is 1.57. The van der Waals surface area contributed by atoms with Crippen LogP contribution < -0.4 is 5.32 Å². The number of anilines is 1. The van der Waals surface area contributed by atoms with Crippen LogP contribution in [0, 0.1) is 0 Å². The maximum atomic E-state index is 12.2. The first kappa shape index (κ1) is 17.9. The van der Waals surface area contributed by atoms with Crippen molar-refractivity contribution < 1.29 is 4.79 Å². The quantitative estimate of drug-likeness (QED) is 0.581. The number of carbonyl (C=O) groups excluding carboxylic acids is 1. The van der Waals surface area contributed by atoms with Crippen LogP contribution in [0.1, 0.15) is 27.9 Å². The summed E-state index contributed by atoms with van der Waals surface area (Å²) >= 11 is 9.02. The van der Waals surface area contributed by atoms with E-state index in [0.717, 1.165) is 32.7 Å². The van der Waals surface area contributed by atoms with Gasteiger partial charge in [-0.3, -0.25) is 10.1 Å². The molecule has 3 aromatic rings. The molecule has 0 unspecified atom stereocenters. The Morgan fingerprint density at radius 2 is 1.84 bits per heavy atom. The van der Waals surface area contributed by atoms with Gasteiger partial charge in [-0.1, -0.05) is 42.0 Å². The summed E-state index contributed by atoms with van der Waals surface area (Å²) in [5.41, 5.74) is 1.76. The van der Waals surface area contributed by atoms with Crippen molar-refractivity contribution in [3.05, 3.63) is 69.7 Å². The minimum absolute atomic E-state index is 0.171. The Labute approximate surface area is 159 Å². The molecule has 1 amide bonds. The van der Waals surface area contributed by atoms with Gasteiger partial charge in [-0.15, -0.1) is 22.0 Å². The number of aromatic nitrogens is 2. The second kappa shape index (κ2) is 8.47. The monoisotopic (exact) mass is 389 g/mol. The molecule has 4 nitrogen and oxygen atoms in total. The molecule has 0 spiro atoms. The van der Waals surface area contributed by atoms with E-state index in [4.69, 9.17) is 11.6 Å². The first-order valence-corrected chi connectivity index (χ1v) is 9.93. The Bertz CT molecular complexity index is 848. The zero-order chi connectivity index (χ0) is 17.6. The van der Waals surface area contributed by atoms with Crippen molar-refractivity contribution in [3.63, 3.8) is 0 Å². The van der Waals surface area contributed by atoms with E-state index >= 15 is 0 Å². The normalized spacial score (nSPS) is 10.6. The Kier molecular flexibility index (Phi) is 6.07. The molecule has 2 aromatic carbocycles. The van der Waals surface area contributed by atoms with Crippen molar-refractivity contribution in [2.45, 2.75) is 24.0 Å². The zero-order valence-corrected chi connectivity index (χ0v) is 15.9. The Morgan fingerprint density at radius 3 is 2.48 bits per heavy atom. The van der Waals surface area contributed by atoms with E-state index in [-0.39, 0.29) is 5.91 Å². The van der Waals surface area contributed by atoms with Crippen molar-refractivity contribution in [2.24, 2.45) is 0 Å². The molecular formula is C18H16ClN3OS2. The van der Waals surface area contributed by atoms with Gasteiger partial charge in [0.25, 0.3) is 5.91 Å². The second-order valence-corrected chi connectivity index (χ2v) is 7.80. The molecule has 128 valence electrons. The first-order valence-electron chi connectivity index (χ1n) is 7.75. The number of thioether (sulfide) groups is 1. The van der Waals surface area contributed by atoms with Crippen molar-refractivity contribution in [3.8, 4) is 0 Å². The highest BCUT2D eigenvalue weighted by atomic mass is 35.5. The van der Waals surface area contributed by atoms with Gasteiger partial charge in [-0.05, 0) is 48.4 Å². The van der Waals surface area contributed by atoms with E-state index in [2.05, 4.69) is 15.5 Å². The third kappa shape index (κ3) is 5.04. The van der Waals surface area contributed by atoms with Crippen LogP contribution in [0.15, 0.2) is 53.4 Å². The summed E-state index contributed by atoms with van der Waals surface area (Å²) in [7, 11) is 0. The van der Waals surface area contributed by atoms with Gasteiger partial charge >= 0.3 is 0 Å². The molecule has 0 aliphatic heterocycles. The predicted molar refractivity (Wildman–Crippen MR) is 105 cm³/mol. The van der Waals surface area contributed by atoms with Gasteiger partial charge in [0, 0.05) is 21.2 Å². The molecule has 0 bridgehead atoms. The van der Waals surface area contributed by atoms with E-state index in [9.17, 15) is 4.79 Å². The molecule has 3 rings (SSSR count). The lowest BCUT2D eigenvalue weighted by Gasteiger charge is -2.05. The highest BCUT2D eigenvalue weighted by Gasteiger charge is 2.09. The van der Waals surface area contributed by atoms with Gasteiger partial charge < -0.3 is 0 Å². The maximum absolute atomic E-state index is 12.2. The van der Waals surface area contributed by atoms with Crippen molar-refractivity contribution in [1.29, 1.82) is 0 Å². The van der Waals surface area contributed by atoms with Crippen molar-refractivity contribution >= 4 is 45.7 Å². The molecule has 0 atom stereocenters. The number of amides is 1. The predicted octanol–water partition coefficient (Wildman–Crippen LogP) is 5.30. The molecule has 0 radical (unpaired) electrons. The number of aryl methyl sites for hydroxylation is 1. The number of nitrogens with one attached hydrogen (secondary N) is 1. The fraction of sp³-hybridized carbons (Fsp3) is 0.167. The second-order valence-electron chi connectivity index (χ2n) is 5.25. The number of carbonyl (C=O) groups is 1. The van der Waals surface area contributed by atoms with E-state index in [1.165, 1.54) is 11.3 Å². The van der Waals surface area contributed by atoms with Gasteiger partial charge in [-0.2, -0.15) is 0 Å². The number of benzene rings is 2. The van der Waals surface area contributed by atoms with Crippen molar-refractivity contribution in [1.82, 2.24) is 10.2 Å². The van der Waals surface area contributed by atoms with Gasteiger partial charge in [0.2, 0.25) is 5.13 Å². The van der Waals surface area contributed by atoms with Crippen LogP contribution in [0.3, 0.4) is 0 Å². The summed E-state index contributed by atoms with van der Waals surface area (Å²) in [6.07, 6.45) is 0.813. The molecule has 1 heterocycles. The Morgan fingerprint density at radius 1 is 1.12 bits per heavy atom. The number of hydrogen-bond acceptors (Lipinski definition) is 5. The topological polar surface area (TPSA) is 54.9 Å². The highest BCUT2D eigenvalue weighted by Crippen LogP contribution is 2.24. The van der Waals surface area contributed by atoms with E-state index < -0.39 is 0 Å². The average Bonchev–Trinajstić information content (AvgIpc) is 3.09. The number of hydrogen-bond donors (Lipinski definition) is 1. The van der Waals surface area contributed by atoms with Crippen LogP contribution in [0.25, 0.3) is 0 Å². The lowest BCUT2D eigenvalue weighted by Crippen LogP contribution is -2.11. The molecule has 1 N–H and O–H groups in total. The van der Waals surface area contributed by atoms with Crippen LogP contribution in [0.5, 0.6) is 0 Å². The van der Waals surface area contributed by atoms with Crippen LogP contribution >= 0.6 is 34.7 Å². The summed E-state index contributed by atoms with van der Waals surface area (Å²) in [5.74, 6) is 0.662. The third-order valence-corrected chi connectivity index (χ3v) is 5.74. The fourth-order valence-electron chi connectivity index (χ4n) is 2.07. The summed E-state index contributed by atoms with van der Waals surface area (Å²) in [5, 5.41) is 12.9. The largest absolute Gasteiger partial charge is 0.296 e. The van der Waals surface area contributed by atoms with Crippen LogP contribution in [-0.2, 0) is 12.2 Å². The summed E-state index contributed by atoms with van der Waals surface area (Å²) in [6.45, 7) is 2.01. The van der Waals surface area contributed by atoms with Crippen LogP contribution in [0.2, 0.25) is 5.02 Å². The van der Waals surface area contributed by atoms with Gasteiger partial charge in [-0.25, -0.2) is 0 Å². The molecular weight excluding hydrogens is 374 g/mol. The SMILES string of the molecule is CCc1nnc(NC(=O)c2ccc(CSc3ccc(Cl)cc3)cc2)s1. The standard InChI is InChI=1S/C18H16ClN3OS2/c1-2-16-21-22-18(25-16)20-17(23)13-5-3-12(4-6-13)11-24-15-9-7-14(19)8-10-15/h3-10H,2,11H2,1H3,(H,20,22,23). The lowest BCUT2D eigenvalue weighted by molar-refractivity contribution is 0.102. The minimum Gasteiger partial charge on any atom is -0.296 e. The van der Waals surface area contributed by atoms with E-state index in [1.54, 1.807) is 11.8 Å². The first-order chi connectivity index (χ1) is 12.1. The van der Waals surface area contributed by atoms with Crippen molar-refractivity contribution in [2.75, 3.05) is 5.32 Å². The average molecular weight is 390 g/mol. The molecule has 0 aliphatic carbocycles. The van der Waals surface area contributed by atoms with Gasteiger partial charge in [0.1, 0.15) is 5.01 Å². The molecule has 0 saturated carbocycles. The molecule has 25 heavy (non-hydrogen) atoms. The molecule has 0 aliphatic rings. The zero-order valence-electron chi connectivity index (χ0n) is 13.5. The number of nitrogens with zero attached hydrogens (tertiary/aromatic N) is 2. The number of rotatable bonds is 6. The van der Waals surface area contributed by atoms with E-state index in [1.807, 2.05) is 55.5 Å². The fourth-order valence-corrected chi connectivity index (χ4v) is 3.72. The third-order valence-electron chi connectivity index (χ3n) is 3.43. The maximum Gasteiger partial charge on any atom is 0.257 e. The van der Waals surface area contributed by atoms with Crippen LogP contribution in [-0.4, -0.2) is 16.1 Å². The van der Waals surface area contributed by atoms with Gasteiger partial charge in [0.05, 0.1) is 0 Å². The Hall–Kier alpha value is -1.89. The summed E-state index contributed by atoms with van der Waals surface area (Å²) < 4.78 is 0. The minimum atomic E-state index is -0.171. The smallest absolute Gasteiger partial charge is 0.257 e. The molecule has 1 aromatic heterocycles. The number of halogens is 1.